The fourth-order valence-corrected chi connectivity index (χ4v) is 4.16. The molecule has 0 bridgehead atoms. The van der Waals surface area contributed by atoms with E-state index < -0.39 is 0 Å². The summed E-state index contributed by atoms with van der Waals surface area (Å²) >= 11 is 1.36. The van der Waals surface area contributed by atoms with E-state index in [1.807, 2.05) is 11.4 Å². The molecule has 4 rings (SSSR count). The summed E-state index contributed by atoms with van der Waals surface area (Å²) in [4.78, 5) is 23.6. The van der Waals surface area contributed by atoms with Crippen LogP contribution in [-0.2, 0) is 0 Å². The van der Waals surface area contributed by atoms with Crippen molar-refractivity contribution in [3.05, 3.63) is 34.4 Å². The van der Waals surface area contributed by atoms with Crippen molar-refractivity contribution in [1.29, 1.82) is 0 Å². The molecule has 0 aromatic carbocycles. The molecule has 1 saturated carbocycles. The minimum absolute atomic E-state index is 0.0922. The molecule has 2 aromatic heterocycles. The van der Waals surface area contributed by atoms with Crippen LogP contribution in [0.5, 0.6) is 0 Å². The van der Waals surface area contributed by atoms with Gasteiger partial charge < -0.3 is 21.1 Å². The second-order valence-electron chi connectivity index (χ2n) is 6.73. The fourth-order valence-electron chi connectivity index (χ4n) is 3.44. The number of thiophene rings is 1. The molecule has 0 spiro atoms. The number of aromatic nitrogens is 2. The molecule has 2 aliphatic rings. The molecule has 25 heavy (non-hydrogen) atoms. The third kappa shape index (κ3) is 3.32. The quantitative estimate of drug-likeness (QED) is 0.762. The van der Waals surface area contributed by atoms with Crippen molar-refractivity contribution in [3.63, 3.8) is 0 Å². The summed E-state index contributed by atoms with van der Waals surface area (Å²) in [6.45, 7) is 1.45. The van der Waals surface area contributed by atoms with Gasteiger partial charge in [-0.15, -0.1) is 11.3 Å². The summed E-state index contributed by atoms with van der Waals surface area (Å²) in [5.74, 6) is 1.12. The molecule has 0 radical (unpaired) electrons. The molecule has 7 nitrogen and oxygen atoms in total. The highest BCUT2D eigenvalue weighted by molar-refractivity contribution is 7.12. The van der Waals surface area contributed by atoms with Gasteiger partial charge in [0.05, 0.1) is 11.8 Å². The van der Waals surface area contributed by atoms with Crippen LogP contribution in [0.2, 0.25) is 0 Å². The number of nitrogens with two attached hydrogens (primary N) is 1. The van der Waals surface area contributed by atoms with Crippen LogP contribution in [0.25, 0.3) is 0 Å². The van der Waals surface area contributed by atoms with Crippen LogP contribution in [0.1, 0.15) is 40.5 Å². The highest BCUT2D eigenvalue weighted by Crippen LogP contribution is 2.37. The molecule has 2 aromatic rings. The van der Waals surface area contributed by atoms with E-state index >= 15 is 0 Å². The molecule has 3 heterocycles. The predicted octanol–water partition coefficient (Wildman–Crippen LogP) is 1.37. The Balaban J connectivity index is 1.35. The van der Waals surface area contributed by atoms with E-state index in [9.17, 15) is 9.90 Å². The van der Waals surface area contributed by atoms with Gasteiger partial charge >= 0.3 is 0 Å². The first-order valence-corrected chi connectivity index (χ1v) is 9.37. The van der Waals surface area contributed by atoms with Crippen LogP contribution in [0, 0.1) is 0 Å². The lowest BCUT2D eigenvalue weighted by molar-refractivity contribution is 0.0913. The van der Waals surface area contributed by atoms with Crippen molar-refractivity contribution >= 4 is 28.7 Å². The summed E-state index contributed by atoms with van der Waals surface area (Å²) in [5.41, 5.74) is 7.33. The Bertz CT molecular complexity index is 774. The smallest absolute Gasteiger partial charge is 0.263 e. The molecule has 1 aliphatic carbocycles. The van der Waals surface area contributed by atoms with Crippen molar-refractivity contribution in [1.82, 2.24) is 15.3 Å². The van der Waals surface area contributed by atoms with Crippen molar-refractivity contribution in [2.45, 2.75) is 37.3 Å². The molecule has 1 aliphatic heterocycles. The van der Waals surface area contributed by atoms with E-state index in [0.717, 1.165) is 37.3 Å². The second-order valence-corrected chi connectivity index (χ2v) is 7.65. The molecular formula is C17H21N5O2S. The first-order chi connectivity index (χ1) is 12.1. The molecule has 132 valence electrons. The van der Waals surface area contributed by atoms with Gasteiger partial charge in [0.15, 0.2) is 0 Å². The van der Waals surface area contributed by atoms with Crippen LogP contribution in [0.4, 0.5) is 11.5 Å². The van der Waals surface area contributed by atoms with Gasteiger partial charge in [-0.1, -0.05) is 0 Å². The molecule has 8 heteroatoms. The van der Waals surface area contributed by atoms with Gasteiger partial charge in [-0.3, -0.25) is 4.79 Å². The van der Waals surface area contributed by atoms with E-state index in [1.165, 1.54) is 11.3 Å². The van der Waals surface area contributed by atoms with Crippen LogP contribution in [0.3, 0.4) is 0 Å². The van der Waals surface area contributed by atoms with Crippen molar-refractivity contribution in [2.24, 2.45) is 0 Å². The lowest BCUT2D eigenvalue weighted by Crippen LogP contribution is -2.43. The normalized spacial score (nSPS) is 25.6. The summed E-state index contributed by atoms with van der Waals surface area (Å²) < 4.78 is 0. The largest absolute Gasteiger partial charge is 0.397 e. The zero-order valence-corrected chi connectivity index (χ0v) is 14.6. The molecule has 1 atom stereocenters. The highest BCUT2D eigenvalue weighted by atomic mass is 32.1. The van der Waals surface area contributed by atoms with E-state index in [1.54, 1.807) is 12.4 Å². The SMILES string of the molecule is Nc1ccsc1C(=O)NC1CC(c2cc(N3CCC(O)C3)ncn2)C1. The van der Waals surface area contributed by atoms with Gasteiger partial charge in [-0.2, -0.15) is 0 Å². The fraction of sp³-hybridized carbons (Fsp3) is 0.471. The zero-order valence-electron chi connectivity index (χ0n) is 13.8. The minimum Gasteiger partial charge on any atom is -0.397 e. The highest BCUT2D eigenvalue weighted by Gasteiger charge is 2.33. The number of rotatable bonds is 4. The number of aliphatic hydroxyl groups is 1. The van der Waals surface area contributed by atoms with Crippen molar-refractivity contribution in [3.8, 4) is 0 Å². The summed E-state index contributed by atoms with van der Waals surface area (Å²) in [7, 11) is 0. The Morgan fingerprint density at radius 3 is 2.92 bits per heavy atom. The molecule has 4 N–H and O–H groups in total. The molecular weight excluding hydrogens is 338 g/mol. The average Bonchev–Trinajstić information content (AvgIpc) is 3.19. The third-order valence-corrected chi connectivity index (χ3v) is 5.88. The number of β-amino-alcohol motifs (C(OH)–C–C–N with tert-alkyl or cyclic N) is 1. The van der Waals surface area contributed by atoms with Gasteiger partial charge in [0.25, 0.3) is 5.91 Å². The standard InChI is InChI=1S/C17H21N5O2S/c18-13-2-4-25-16(13)17(24)21-11-5-10(6-11)14-7-15(20-9-19-14)22-3-1-12(23)8-22/h2,4,7,9-12,23H,1,3,5-6,8,18H2,(H,21,24). The number of carbonyl (C=O) groups is 1. The monoisotopic (exact) mass is 359 g/mol. The lowest BCUT2D eigenvalue weighted by Gasteiger charge is -2.35. The van der Waals surface area contributed by atoms with Crippen LogP contribution >= 0.6 is 11.3 Å². The first-order valence-electron chi connectivity index (χ1n) is 8.49. The number of aliphatic hydroxyl groups excluding tert-OH is 1. The van der Waals surface area contributed by atoms with Crippen molar-refractivity contribution < 1.29 is 9.90 Å². The zero-order chi connectivity index (χ0) is 17.4. The summed E-state index contributed by atoms with van der Waals surface area (Å²) in [5, 5.41) is 14.5. The topological polar surface area (TPSA) is 104 Å². The van der Waals surface area contributed by atoms with Crippen LogP contribution in [-0.4, -0.2) is 46.2 Å². The van der Waals surface area contributed by atoms with Gasteiger partial charge in [0.2, 0.25) is 0 Å². The third-order valence-electron chi connectivity index (χ3n) is 4.95. The lowest BCUT2D eigenvalue weighted by atomic mass is 9.78. The number of nitrogens with zero attached hydrogens (tertiary/aromatic N) is 3. The maximum absolute atomic E-state index is 12.2. The Labute approximate surface area is 149 Å². The van der Waals surface area contributed by atoms with E-state index in [0.29, 0.717) is 23.0 Å². The molecule has 1 saturated heterocycles. The second kappa shape index (κ2) is 6.61. The predicted molar refractivity (Wildman–Crippen MR) is 96.8 cm³/mol. The molecule has 2 fully saturated rings. The summed E-state index contributed by atoms with van der Waals surface area (Å²) in [6, 6.07) is 3.92. The van der Waals surface area contributed by atoms with E-state index in [-0.39, 0.29) is 18.1 Å². The number of nitrogen functional groups attached to an aromatic ring is 1. The number of hydrogen-bond acceptors (Lipinski definition) is 7. The van der Waals surface area contributed by atoms with Crippen LogP contribution < -0.4 is 16.0 Å². The Morgan fingerprint density at radius 2 is 2.24 bits per heavy atom. The Hall–Kier alpha value is -2.19. The van der Waals surface area contributed by atoms with Crippen molar-refractivity contribution in [2.75, 3.05) is 23.7 Å². The Morgan fingerprint density at radius 1 is 1.40 bits per heavy atom. The minimum atomic E-state index is -0.272. The van der Waals surface area contributed by atoms with Gasteiger partial charge in [0.1, 0.15) is 17.0 Å². The number of amides is 1. The van der Waals surface area contributed by atoms with Gasteiger partial charge in [0, 0.05) is 36.8 Å². The molecule has 1 unspecified atom stereocenters. The maximum Gasteiger partial charge on any atom is 0.263 e. The summed E-state index contributed by atoms with van der Waals surface area (Å²) in [6.07, 6.45) is 3.84. The van der Waals surface area contributed by atoms with Gasteiger partial charge in [-0.25, -0.2) is 9.97 Å². The average molecular weight is 359 g/mol. The van der Waals surface area contributed by atoms with Crippen LogP contribution in [0.15, 0.2) is 23.8 Å². The first kappa shape index (κ1) is 16.3. The Kier molecular flexibility index (Phi) is 4.30. The molecule has 1 amide bonds. The number of nitrogens with one attached hydrogen (secondary N) is 1. The number of anilines is 2. The number of carbonyl (C=O) groups excluding carboxylic acids is 1. The van der Waals surface area contributed by atoms with Gasteiger partial charge in [-0.05, 0) is 30.7 Å². The number of hydrogen-bond donors (Lipinski definition) is 3. The maximum atomic E-state index is 12.2. The van der Waals surface area contributed by atoms with E-state index in [4.69, 9.17) is 5.73 Å². The van der Waals surface area contributed by atoms with E-state index in [2.05, 4.69) is 20.2 Å².